The maximum atomic E-state index is 10.8. The van der Waals surface area contributed by atoms with Crippen LogP contribution in [-0.4, -0.2) is 17.7 Å². The Labute approximate surface area is 104 Å². The van der Waals surface area contributed by atoms with Crippen LogP contribution >= 0.6 is 11.6 Å². The fraction of sp³-hybridized carbons (Fsp3) is 0.417. The van der Waals surface area contributed by atoms with Crippen molar-refractivity contribution < 1.29 is 14.6 Å². The third-order valence-electron chi connectivity index (χ3n) is 2.75. The van der Waals surface area contributed by atoms with Crippen molar-refractivity contribution in [2.75, 3.05) is 6.61 Å². The van der Waals surface area contributed by atoms with Crippen molar-refractivity contribution in [1.29, 1.82) is 0 Å². The summed E-state index contributed by atoms with van der Waals surface area (Å²) in [6, 6.07) is 3.77. The maximum Gasteiger partial charge on any atom is 0.325 e. The molecule has 1 aromatic carbocycles. The van der Waals surface area contributed by atoms with Crippen LogP contribution in [0.15, 0.2) is 18.2 Å². The van der Waals surface area contributed by atoms with E-state index in [4.69, 9.17) is 27.2 Å². The Hall–Kier alpha value is -1.26. The highest BCUT2D eigenvalue weighted by Gasteiger charge is 2.23. The number of aliphatic carboxylic acids is 1. The molecule has 2 rings (SSSR count). The van der Waals surface area contributed by atoms with E-state index in [0.29, 0.717) is 28.9 Å². The summed E-state index contributed by atoms with van der Waals surface area (Å²) >= 11 is 5.97. The molecule has 1 aliphatic rings. The first kappa shape index (κ1) is 12.2. The molecule has 92 valence electrons. The number of carboxylic acids is 1. The van der Waals surface area contributed by atoms with E-state index in [1.807, 2.05) is 0 Å². The van der Waals surface area contributed by atoms with Gasteiger partial charge in [0.2, 0.25) is 0 Å². The molecule has 0 aliphatic heterocycles. The molecule has 0 saturated heterocycles. The average molecular weight is 256 g/mol. The van der Waals surface area contributed by atoms with Crippen molar-refractivity contribution in [3.8, 4) is 5.75 Å². The summed E-state index contributed by atoms with van der Waals surface area (Å²) < 4.78 is 5.55. The highest BCUT2D eigenvalue weighted by molar-refractivity contribution is 6.32. The molecule has 0 aromatic heterocycles. The Kier molecular flexibility index (Phi) is 3.54. The molecular weight excluding hydrogens is 242 g/mol. The number of ether oxygens (including phenoxy) is 1. The molecule has 3 N–H and O–H groups in total. The van der Waals surface area contributed by atoms with Crippen LogP contribution in [-0.2, 0) is 4.79 Å². The second kappa shape index (κ2) is 4.94. The van der Waals surface area contributed by atoms with Gasteiger partial charge in [-0.2, -0.15) is 0 Å². The van der Waals surface area contributed by atoms with Crippen LogP contribution in [0.5, 0.6) is 5.75 Å². The summed E-state index contributed by atoms with van der Waals surface area (Å²) in [5, 5.41) is 9.30. The Morgan fingerprint density at radius 1 is 1.59 bits per heavy atom. The maximum absolute atomic E-state index is 10.8. The zero-order valence-corrected chi connectivity index (χ0v) is 9.98. The lowest BCUT2D eigenvalue weighted by molar-refractivity contribution is -0.138. The minimum atomic E-state index is -1.07. The topological polar surface area (TPSA) is 72.6 Å². The van der Waals surface area contributed by atoms with Gasteiger partial charge in [0.25, 0.3) is 0 Å². The van der Waals surface area contributed by atoms with Gasteiger partial charge >= 0.3 is 5.97 Å². The van der Waals surface area contributed by atoms with Gasteiger partial charge in [-0.15, -0.1) is 0 Å². The van der Waals surface area contributed by atoms with Crippen LogP contribution in [0.25, 0.3) is 0 Å². The van der Waals surface area contributed by atoms with Crippen LogP contribution in [0.2, 0.25) is 5.02 Å². The van der Waals surface area contributed by atoms with Crippen LogP contribution in [0.1, 0.15) is 24.4 Å². The molecule has 1 unspecified atom stereocenters. The molecule has 0 spiro atoms. The summed E-state index contributed by atoms with van der Waals surface area (Å²) in [7, 11) is 0. The monoisotopic (exact) mass is 255 g/mol. The Morgan fingerprint density at radius 2 is 2.29 bits per heavy atom. The second-order valence-electron chi connectivity index (χ2n) is 4.26. The largest absolute Gasteiger partial charge is 0.492 e. The quantitative estimate of drug-likeness (QED) is 0.846. The first-order chi connectivity index (χ1) is 8.08. The van der Waals surface area contributed by atoms with Crippen molar-refractivity contribution in [1.82, 2.24) is 0 Å². The molecule has 1 fully saturated rings. The minimum Gasteiger partial charge on any atom is -0.492 e. The van der Waals surface area contributed by atoms with E-state index < -0.39 is 12.0 Å². The predicted octanol–water partition coefficient (Wildman–Crippen LogP) is 2.21. The van der Waals surface area contributed by atoms with Crippen molar-refractivity contribution in [2.24, 2.45) is 11.7 Å². The standard InChI is InChI=1S/C12H14ClNO3/c13-9-4-3-8(11(14)12(15)16)5-10(9)17-6-7-1-2-7/h3-5,7,11H,1-2,6,14H2,(H,15,16). The van der Waals surface area contributed by atoms with Crippen molar-refractivity contribution in [2.45, 2.75) is 18.9 Å². The number of carboxylic acid groups (broad SMARTS) is 1. The van der Waals surface area contributed by atoms with Gasteiger partial charge in [0, 0.05) is 0 Å². The molecule has 0 radical (unpaired) electrons. The molecular formula is C12H14ClNO3. The molecule has 1 aliphatic carbocycles. The SMILES string of the molecule is NC(C(=O)O)c1ccc(Cl)c(OCC2CC2)c1. The van der Waals surface area contributed by atoms with E-state index in [1.54, 1.807) is 18.2 Å². The molecule has 0 heterocycles. The molecule has 0 amide bonds. The Bertz CT molecular complexity index is 432. The van der Waals surface area contributed by atoms with Crippen LogP contribution in [0.4, 0.5) is 0 Å². The number of rotatable bonds is 5. The first-order valence-corrected chi connectivity index (χ1v) is 5.86. The lowest BCUT2D eigenvalue weighted by Crippen LogP contribution is -2.20. The molecule has 1 atom stereocenters. The molecule has 4 nitrogen and oxygen atoms in total. The number of benzene rings is 1. The first-order valence-electron chi connectivity index (χ1n) is 5.48. The fourth-order valence-electron chi connectivity index (χ4n) is 1.46. The zero-order chi connectivity index (χ0) is 12.4. The van der Waals surface area contributed by atoms with Gasteiger partial charge in [0.15, 0.2) is 0 Å². The van der Waals surface area contributed by atoms with E-state index >= 15 is 0 Å². The second-order valence-corrected chi connectivity index (χ2v) is 4.67. The van der Waals surface area contributed by atoms with Crippen LogP contribution in [0, 0.1) is 5.92 Å². The van der Waals surface area contributed by atoms with Gasteiger partial charge in [0.05, 0.1) is 11.6 Å². The summed E-state index contributed by atoms with van der Waals surface area (Å²) in [6.07, 6.45) is 2.37. The predicted molar refractivity (Wildman–Crippen MR) is 64.2 cm³/mol. The van der Waals surface area contributed by atoms with Gasteiger partial charge < -0.3 is 15.6 Å². The normalized spacial score (nSPS) is 16.6. The molecule has 1 aromatic rings. The van der Waals surface area contributed by atoms with E-state index in [-0.39, 0.29) is 0 Å². The number of hydrogen-bond acceptors (Lipinski definition) is 3. The Morgan fingerprint density at radius 3 is 2.88 bits per heavy atom. The number of nitrogens with two attached hydrogens (primary N) is 1. The van der Waals surface area contributed by atoms with Gasteiger partial charge in [-0.3, -0.25) is 4.79 Å². The zero-order valence-electron chi connectivity index (χ0n) is 9.23. The van der Waals surface area contributed by atoms with Gasteiger partial charge in [-0.1, -0.05) is 17.7 Å². The van der Waals surface area contributed by atoms with E-state index in [0.717, 1.165) is 0 Å². The van der Waals surface area contributed by atoms with E-state index in [9.17, 15) is 4.79 Å². The lowest BCUT2D eigenvalue weighted by atomic mass is 10.1. The van der Waals surface area contributed by atoms with Crippen LogP contribution < -0.4 is 10.5 Å². The average Bonchev–Trinajstić information content (AvgIpc) is 3.11. The highest BCUT2D eigenvalue weighted by atomic mass is 35.5. The van der Waals surface area contributed by atoms with Crippen molar-refractivity contribution in [3.63, 3.8) is 0 Å². The van der Waals surface area contributed by atoms with Gasteiger partial charge in [0.1, 0.15) is 11.8 Å². The smallest absolute Gasteiger partial charge is 0.325 e. The van der Waals surface area contributed by atoms with Crippen molar-refractivity contribution >= 4 is 17.6 Å². The molecule has 0 bridgehead atoms. The summed E-state index contributed by atoms with van der Waals surface area (Å²) in [5.74, 6) is 0.0519. The third kappa shape index (κ3) is 3.11. The van der Waals surface area contributed by atoms with Crippen molar-refractivity contribution in [3.05, 3.63) is 28.8 Å². The minimum absolute atomic E-state index is 0.479. The summed E-state index contributed by atoms with van der Waals surface area (Å²) in [5.41, 5.74) is 6.02. The number of halogens is 1. The number of hydrogen-bond donors (Lipinski definition) is 2. The van der Waals surface area contributed by atoms with Gasteiger partial charge in [-0.05, 0) is 36.5 Å². The molecule has 1 saturated carbocycles. The van der Waals surface area contributed by atoms with E-state index in [2.05, 4.69) is 0 Å². The lowest BCUT2D eigenvalue weighted by Gasteiger charge is -2.11. The van der Waals surface area contributed by atoms with E-state index in [1.165, 1.54) is 12.8 Å². The summed E-state index contributed by atoms with van der Waals surface area (Å²) in [4.78, 5) is 10.8. The highest BCUT2D eigenvalue weighted by Crippen LogP contribution is 2.32. The van der Waals surface area contributed by atoms with Gasteiger partial charge in [-0.25, -0.2) is 0 Å². The molecule has 5 heteroatoms. The fourth-order valence-corrected chi connectivity index (χ4v) is 1.63. The van der Waals surface area contributed by atoms with Crippen LogP contribution in [0.3, 0.4) is 0 Å². The third-order valence-corrected chi connectivity index (χ3v) is 3.06. The Balaban J connectivity index is 2.12. The summed E-state index contributed by atoms with van der Waals surface area (Å²) in [6.45, 7) is 0.630. The number of carbonyl (C=O) groups is 1. The molecule has 17 heavy (non-hydrogen) atoms.